The smallest absolute Gasteiger partial charge is 0.550 e. The number of phenols is 2. The summed E-state index contributed by atoms with van der Waals surface area (Å²) in [6.45, 7) is 28.9. The Morgan fingerprint density at radius 1 is 0.566 bits per heavy atom. The third kappa shape index (κ3) is 19.3. The van der Waals surface area contributed by atoms with Crippen molar-refractivity contribution in [3.05, 3.63) is 57.6 Å². The summed E-state index contributed by atoms with van der Waals surface area (Å²) in [5.74, 6) is -2.61. The molecule has 0 saturated heterocycles. The van der Waals surface area contributed by atoms with Gasteiger partial charge in [-0.05, 0) is 78.5 Å². The zero-order chi connectivity index (χ0) is 41.0. The monoisotopic (exact) mass is 782 g/mol. The van der Waals surface area contributed by atoms with Crippen LogP contribution in [0.25, 0.3) is 0 Å². The van der Waals surface area contributed by atoms with Gasteiger partial charge in [-0.15, -0.1) is 0 Å². The van der Waals surface area contributed by atoms with Crippen molar-refractivity contribution in [1.82, 2.24) is 0 Å². The Morgan fingerprint density at radius 2 is 0.811 bits per heavy atom. The molecule has 1 aliphatic carbocycles. The second-order valence-electron chi connectivity index (χ2n) is 17.4. The number of carbonyl (C=O) groups is 3. The van der Waals surface area contributed by atoms with E-state index in [0.717, 1.165) is 68.7 Å². The van der Waals surface area contributed by atoms with Gasteiger partial charge >= 0.3 is 16.8 Å². The number of aliphatic imine (C=N–C) groups is 2. The third-order valence-electron chi connectivity index (χ3n) is 8.13. The molecule has 0 radical (unpaired) electrons. The molecule has 2 aromatic rings. The van der Waals surface area contributed by atoms with Gasteiger partial charge in [0, 0.05) is 52.6 Å². The maximum absolute atomic E-state index is 11.2. The molecule has 1 fully saturated rings. The Bertz CT molecular complexity index is 1430. The molecule has 0 spiro atoms. The molecule has 0 aromatic heterocycles. The van der Waals surface area contributed by atoms with Crippen molar-refractivity contribution >= 4 is 30.3 Å². The van der Waals surface area contributed by atoms with Crippen LogP contribution < -0.4 is 15.3 Å². The number of aliphatic carboxylic acids is 3. The first kappa shape index (κ1) is 51.4. The minimum Gasteiger partial charge on any atom is -0.550 e. The van der Waals surface area contributed by atoms with Gasteiger partial charge in [-0.25, -0.2) is 0 Å². The van der Waals surface area contributed by atoms with E-state index in [2.05, 4.69) is 107 Å². The number of hydrogen-bond donors (Lipinski definition) is 2. The van der Waals surface area contributed by atoms with E-state index < -0.39 is 17.9 Å². The largest absolute Gasteiger partial charge is 3.00 e. The Hall–Kier alpha value is -3.70. The van der Waals surface area contributed by atoms with Crippen molar-refractivity contribution < 1.29 is 56.7 Å². The summed E-state index contributed by atoms with van der Waals surface area (Å²) in [6, 6.07) is 8.53. The zero-order valence-electron chi connectivity index (χ0n) is 34.5. The Labute approximate surface area is 328 Å². The van der Waals surface area contributed by atoms with E-state index in [9.17, 15) is 10.2 Å². The van der Waals surface area contributed by atoms with Crippen molar-refractivity contribution in [3.8, 4) is 11.5 Å². The van der Waals surface area contributed by atoms with Gasteiger partial charge in [-0.2, -0.15) is 0 Å². The number of carboxylic acids is 3. The molecule has 53 heavy (non-hydrogen) atoms. The molecule has 298 valence electrons. The van der Waals surface area contributed by atoms with Crippen molar-refractivity contribution in [3.63, 3.8) is 0 Å². The van der Waals surface area contributed by atoms with Crippen molar-refractivity contribution in [2.45, 2.75) is 163 Å². The molecular weight excluding hydrogens is 719 g/mol. The van der Waals surface area contributed by atoms with Crippen LogP contribution in [-0.2, 0) is 52.8 Å². The first-order valence-corrected chi connectivity index (χ1v) is 17.7. The molecule has 0 aliphatic heterocycles. The standard InChI is InChI=1S/C36H54N2O2.3C2H4O2.Co/c1-33(2,3)25-17-23(31(39)27(19-25)35(7,8)9)21-37-29-15-13-14-16-30(29)38-22-24-18-26(34(4,5)6)20-28(32(24)40)36(10,11)12;3*1-2(3)4;/h17-22,29-30,39-40H,13-16H2,1-12H3;3*1H3,(H,3,4);/q;;;;+3/p-3/t29-,30-;;;;/m1..../s1. The summed E-state index contributed by atoms with van der Waals surface area (Å²) in [6.07, 6.45) is 7.90. The summed E-state index contributed by atoms with van der Waals surface area (Å²) in [4.78, 5) is 36.7. The summed E-state index contributed by atoms with van der Waals surface area (Å²) in [5, 5.41) is 49.1. The van der Waals surface area contributed by atoms with Crippen molar-refractivity contribution in [2.75, 3.05) is 0 Å². The zero-order valence-corrected chi connectivity index (χ0v) is 35.6. The minimum absolute atomic E-state index is 0. The quantitative estimate of drug-likeness (QED) is 0.386. The van der Waals surface area contributed by atoms with E-state index in [4.69, 9.17) is 39.7 Å². The van der Waals surface area contributed by atoms with Crippen LogP contribution in [0.4, 0.5) is 0 Å². The molecule has 0 unspecified atom stereocenters. The van der Waals surface area contributed by atoms with Gasteiger partial charge in [0.25, 0.3) is 0 Å². The fourth-order valence-corrected chi connectivity index (χ4v) is 5.31. The van der Waals surface area contributed by atoms with Crippen LogP contribution in [-0.4, -0.2) is 52.6 Å². The molecule has 2 aromatic carbocycles. The number of nitrogens with zero attached hydrogens (tertiary/aromatic N) is 2. The van der Waals surface area contributed by atoms with Crippen molar-refractivity contribution in [2.24, 2.45) is 9.98 Å². The molecule has 0 heterocycles. The molecule has 0 amide bonds. The van der Waals surface area contributed by atoms with E-state index in [1.807, 2.05) is 12.4 Å². The number of phenolic OH excluding ortho intramolecular Hbond substituents is 2. The normalized spacial score (nSPS) is 16.2. The average molecular weight is 783 g/mol. The predicted octanol–water partition coefficient (Wildman–Crippen LogP) is 5.40. The predicted molar refractivity (Wildman–Crippen MR) is 204 cm³/mol. The average Bonchev–Trinajstić information content (AvgIpc) is 2.93. The molecule has 2 atom stereocenters. The number of carbonyl (C=O) groups excluding carboxylic acids is 3. The minimum atomic E-state index is -1.08. The second kappa shape index (κ2) is 21.3. The second-order valence-corrected chi connectivity index (χ2v) is 17.4. The molecule has 2 N–H and O–H groups in total. The fourth-order valence-electron chi connectivity index (χ4n) is 5.31. The van der Waals surface area contributed by atoms with Gasteiger partial charge in [-0.1, -0.05) is 108 Å². The first-order chi connectivity index (χ1) is 23.4. The number of aromatic hydroxyl groups is 2. The Balaban J connectivity index is 0. The Kier molecular flexibility index (Phi) is 20.6. The van der Waals surface area contributed by atoms with Gasteiger partial charge in [0.15, 0.2) is 0 Å². The van der Waals surface area contributed by atoms with Gasteiger partial charge in [0.1, 0.15) is 11.5 Å². The van der Waals surface area contributed by atoms with E-state index in [-0.39, 0.29) is 50.5 Å². The molecule has 1 aliphatic rings. The van der Waals surface area contributed by atoms with Crippen LogP contribution in [0.2, 0.25) is 0 Å². The molecule has 1 saturated carbocycles. The fraction of sp³-hybridized carbons (Fsp3) is 0.595. The maximum Gasteiger partial charge on any atom is 3.00 e. The summed E-state index contributed by atoms with van der Waals surface area (Å²) < 4.78 is 0. The Morgan fingerprint density at radius 3 is 1.02 bits per heavy atom. The summed E-state index contributed by atoms with van der Waals surface area (Å²) in [5.41, 5.74) is 5.39. The van der Waals surface area contributed by atoms with Crippen LogP contribution in [0.1, 0.15) is 163 Å². The van der Waals surface area contributed by atoms with Crippen molar-refractivity contribution in [1.29, 1.82) is 0 Å². The van der Waals surface area contributed by atoms with Crippen LogP contribution in [0.5, 0.6) is 11.5 Å². The topological polar surface area (TPSA) is 186 Å². The van der Waals surface area contributed by atoms with E-state index >= 15 is 0 Å². The summed E-state index contributed by atoms with van der Waals surface area (Å²) in [7, 11) is 0. The van der Waals surface area contributed by atoms with Gasteiger partial charge in [0.05, 0.1) is 12.1 Å². The third-order valence-corrected chi connectivity index (χ3v) is 8.13. The van der Waals surface area contributed by atoms with Crippen LogP contribution in [0, 0.1) is 0 Å². The van der Waals surface area contributed by atoms with E-state index in [1.54, 1.807) is 0 Å². The first-order valence-electron chi connectivity index (χ1n) is 17.7. The summed E-state index contributed by atoms with van der Waals surface area (Å²) >= 11 is 0. The van der Waals surface area contributed by atoms with E-state index in [0.29, 0.717) is 11.5 Å². The molecular formula is C42H63CoN2O8. The van der Waals surface area contributed by atoms with Gasteiger partial charge in [0.2, 0.25) is 0 Å². The van der Waals surface area contributed by atoms with Crippen LogP contribution in [0.3, 0.4) is 0 Å². The maximum atomic E-state index is 11.2. The molecule has 3 rings (SSSR count). The van der Waals surface area contributed by atoms with Crippen LogP contribution in [0.15, 0.2) is 34.3 Å². The van der Waals surface area contributed by atoms with Gasteiger partial charge < -0.3 is 39.9 Å². The number of carboxylic acid groups (broad SMARTS) is 3. The number of rotatable bonds is 4. The number of hydrogen-bond acceptors (Lipinski definition) is 10. The SMILES string of the molecule is CC(=O)[O-].CC(=O)[O-].CC(=O)[O-].CC(C)(C)c1cc(C=N[C@@H]2CCCC[C@H]2N=Cc2cc(C(C)(C)C)cc(C(C)(C)C)c2O)c(O)c(C(C)(C)C)c1.[Co+3]. The number of benzene rings is 2. The molecule has 11 heteroatoms. The molecule has 10 nitrogen and oxygen atoms in total. The van der Waals surface area contributed by atoms with Crippen LogP contribution >= 0.6 is 0 Å². The molecule has 0 bridgehead atoms. The van der Waals surface area contributed by atoms with Gasteiger partial charge in [-0.3, -0.25) is 9.98 Å². The van der Waals surface area contributed by atoms with E-state index in [1.165, 1.54) is 11.1 Å².